The zero-order chi connectivity index (χ0) is 19.8. The van der Waals surface area contributed by atoms with Crippen LogP contribution in [0.25, 0.3) is 10.1 Å². The Morgan fingerprint density at radius 1 is 1.00 bits per heavy atom. The van der Waals surface area contributed by atoms with Crippen molar-refractivity contribution in [1.82, 2.24) is 0 Å². The van der Waals surface area contributed by atoms with Gasteiger partial charge in [0.1, 0.15) is 5.75 Å². The number of fused-ring (bicyclic) bond motifs is 1. The van der Waals surface area contributed by atoms with Crippen LogP contribution in [-0.4, -0.2) is 41.8 Å². The molecule has 0 radical (unpaired) electrons. The molecular weight excluding hydrogens is 384 g/mol. The van der Waals surface area contributed by atoms with Gasteiger partial charge in [0.15, 0.2) is 0 Å². The zero-order valence-electron chi connectivity index (χ0n) is 15.5. The summed E-state index contributed by atoms with van der Waals surface area (Å²) in [6.45, 7) is 0. The molecule has 0 N–H and O–H groups in total. The Morgan fingerprint density at radius 2 is 1.63 bits per heavy atom. The van der Waals surface area contributed by atoms with Crippen molar-refractivity contribution in [2.75, 3.05) is 36.7 Å². The smallest absolute Gasteiger partial charge is 0.268 e. The van der Waals surface area contributed by atoms with Gasteiger partial charge in [-0.25, -0.2) is 8.42 Å². The van der Waals surface area contributed by atoms with Crippen molar-refractivity contribution in [2.45, 2.75) is 0 Å². The topological polar surface area (TPSA) is 66.9 Å². The number of anilines is 2. The first-order chi connectivity index (χ1) is 12.7. The second-order valence-electron chi connectivity index (χ2n) is 6.13. The van der Waals surface area contributed by atoms with Crippen LogP contribution < -0.4 is 13.9 Å². The van der Waals surface area contributed by atoms with Gasteiger partial charge < -0.3 is 9.64 Å². The summed E-state index contributed by atoms with van der Waals surface area (Å²) in [5.74, 6) is 0.600. The number of thiophene rings is 1. The van der Waals surface area contributed by atoms with Crippen LogP contribution in [0, 0.1) is 0 Å². The number of rotatable bonds is 5. The Kier molecular flexibility index (Phi) is 5.12. The molecule has 0 spiro atoms. The maximum Gasteiger partial charge on any atom is 0.268 e. The SMILES string of the molecule is COc1ccc(N(C)C(=O)c2cc3cc(N(C)S(C)(=O)=O)ccc3s2)cc1. The Morgan fingerprint density at radius 3 is 2.22 bits per heavy atom. The third kappa shape index (κ3) is 3.91. The van der Waals surface area contributed by atoms with Crippen LogP contribution >= 0.6 is 11.3 Å². The molecule has 0 aliphatic carbocycles. The fraction of sp³-hybridized carbons (Fsp3) is 0.211. The molecule has 2 aromatic carbocycles. The Labute approximate surface area is 162 Å². The number of hydrogen-bond donors (Lipinski definition) is 0. The van der Waals surface area contributed by atoms with Crippen molar-refractivity contribution in [3.8, 4) is 5.75 Å². The lowest BCUT2D eigenvalue weighted by Crippen LogP contribution is -2.25. The number of ether oxygens (including phenoxy) is 1. The minimum atomic E-state index is -3.34. The van der Waals surface area contributed by atoms with Gasteiger partial charge in [0.05, 0.1) is 23.9 Å². The molecule has 1 aromatic heterocycles. The summed E-state index contributed by atoms with van der Waals surface area (Å²) < 4.78 is 30.7. The molecule has 0 atom stereocenters. The van der Waals surface area contributed by atoms with Gasteiger partial charge in [-0.05, 0) is 53.9 Å². The first-order valence-corrected chi connectivity index (χ1v) is 10.8. The molecule has 1 heterocycles. The molecule has 0 saturated carbocycles. The highest BCUT2D eigenvalue weighted by Crippen LogP contribution is 2.31. The zero-order valence-corrected chi connectivity index (χ0v) is 17.1. The molecule has 1 amide bonds. The average molecular weight is 405 g/mol. The highest BCUT2D eigenvalue weighted by Gasteiger charge is 2.18. The second kappa shape index (κ2) is 7.21. The molecule has 8 heteroatoms. The summed E-state index contributed by atoms with van der Waals surface area (Å²) in [5.41, 5.74) is 1.32. The maximum atomic E-state index is 12.8. The standard InChI is InChI=1S/C19H20N2O4S2/c1-20(14-5-8-16(25-3)9-6-14)19(22)18-12-13-11-15(7-10-17(13)26-18)21(2)27(4,23)24/h5-12H,1-4H3. The Hall–Kier alpha value is -2.58. The summed E-state index contributed by atoms with van der Waals surface area (Å²) in [4.78, 5) is 15.0. The van der Waals surface area contributed by atoms with Crippen molar-refractivity contribution < 1.29 is 17.9 Å². The quantitative estimate of drug-likeness (QED) is 0.652. The maximum absolute atomic E-state index is 12.8. The molecule has 0 unspecified atom stereocenters. The lowest BCUT2D eigenvalue weighted by Gasteiger charge is -2.16. The van der Waals surface area contributed by atoms with Crippen LogP contribution in [0.2, 0.25) is 0 Å². The largest absolute Gasteiger partial charge is 0.497 e. The molecule has 6 nitrogen and oxygen atoms in total. The van der Waals surface area contributed by atoms with E-state index in [1.807, 2.05) is 18.2 Å². The Balaban J connectivity index is 1.90. The van der Waals surface area contributed by atoms with Crippen LogP contribution in [0.3, 0.4) is 0 Å². The van der Waals surface area contributed by atoms with Crippen LogP contribution in [0.15, 0.2) is 48.5 Å². The third-order valence-corrected chi connectivity index (χ3v) is 6.65. The van der Waals surface area contributed by atoms with E-state index < -0.39 is 10.0 Å². The Bertz CT molecular complexity index is 1090. The molecule has 0 aliphatic heterocycles. The number of nitrogens with zero attached hydrogens (tertiary/aromatic N) is 2. The van der Waals surface area contributed by atoms with Gasteiger partial charge in [-0.15, -0.1) is 11.3 Å². The van der Waals surface area contributed by atoms with E-state index in [0.29, 0.717) is 10.6 Å². The van der Waals surface area contributed by atoms with E-state index in [-0.39, 0.29) is 5.91 Å². The van der Waals surface area contributed by atoms with E-state index in [9.17, 15) is 13.2 Å². The van der Waals surface area contributed by atoms with Gasteiger partial charge in [0.2, 0.25) is 10.0 Å². The van der Waals surface area contributed by atoms with E-state index in [1.54, 1.807) is 49.4 Å². The van der Waals surface area contributed by atoms with Crippen molar-refractivity contribution >= 4 is 48.7 Å². The number of amides is 1. The van der Waals surface area contributed by atoms with Gasteiger partial charge in [0, 0.05) is 24.5 Å². The van der Waals surface area contributed by atoms with Crippen LogP contribution in [0.4, 0.5) is 11.4 Å². The van der Waals surface area contributed by atoms with E-state index in [0.717, 1.165) is 27.8 Å². The molecule has 3 aromatic rings. The van der Waals surface area contributed by atoms with Gasteiger partial charge in [0.25, 0.3) is 5.91 Å². The monoisotopic (exact) mass is 404 g/mol. The van der Waals surface area contributed by atoms with E-state index >= 15 is 0 Å². The van der Waals surface area contributed by atoms with E-state index in [2.05, 4.69) is 0 Å². The number of benzene rings is 2. The fourth-order valence-electron chi connectivity index (χ4n) is 2.61. The van der Waals surface area contributed by atoms with Gasteiger partial charge in [-0.3, -0.25) is 9.10 Å². The molecule has 0 saturated heterocycles. The minimum absolute atomic E-state index is 0.126. The highest BCUT2D eigenvalue weighted by molar-refractivity contribution is 7.92. The van der Waals surface area contributed by atoms with Gasteiger partial charge in [-0.2, -0.15) is 0 Å². The van der Waals surface area contributed by atoms with Crippen molar-refractivity contribution in [3.05, 3.63) is 53.4 Å². The highest BCUT2D eigenvalue weighted by atomic mass is 32.2. The third-order valence-electron chi connectivity index (χ3n) is 4.34. The lowest BCUT2D eigenvalue weighted by atomic mass is 10.2. The van der Waals surface area contributed by atoms with E-state index in [4.69, 9.17) is 4.74 Å². The molecule has 142 valence electrons. The van der Waals surface area contributed by atoms with Crippen LogP contribution in [0.5, 0.6) is 5.75 Å². The van der Waals surface area contributed by atoms with Crippen LogP contribution in [-0.2, 0) is 10.0 Å². The number of hydrogen-bond acceptors (Lipinski definition) is 5. The van der Waals surface area contributed by atoms with E-state index in [1.165, 1.54) is 22.7 Å². The molecule has 0 fully saturated rings. The summed E-state index contributed by atoms with van der Waals surface area (Å²) >= 11 is 1.38. The summed E-state index contributed by atoms with van der Waals surface area (Å²) in [6, 6.07) is 14.4. The molecular formula is C19H20N2O4S2. The summed E-state index contributed by atoms with van der Waals surface area (Å²) in [7, 11) is 1.48. The van der Waals surface area contributed by atoms with Crippen LogP contribution in [0.1, 0.15) is 9.67 Å². The number of sulfonamides is 1. The molecule has 0 bridgehead atoms. The van der Waals surface area contributed by atoms with Crippen molar-refractivity contribution in [3.63, 3.8) is 0 Å². The lowest BCUT2D eigenvalue weighted by molar-refractivity contribution is 0.0997. The number of carbonyl (C=O) groups excluding carboxylic acids is 1. The summed E-state index contributed by atoms with van der Waals surface area (Å²) in [5, 5.41) is 0.833. The normalized spacial score (nSPS) is 11.4. The summed E-state index contributed by atoms with van der Waals surface area (Å²) in [6.07, 6.45) is 1.16. The molecule has 3 rings (SSSR count). The number of methoxy groups -OCH3 is 1. The minimum Gasteiger partial charge on any atom is -0.497 e. The van der Waals surface area contributed by atoms with Crippen molar-refractivity contribution in [2.24, 2.45) is 0 Å². The molecule has 0 aliphatic rings. The molecule has 27 heavy (non-hydrogen) atoms. The number of carbonyl (C=O) groups is 1. The van der Waals surface area contributed by atoms with Gasteiger partial charge in [-0.1, -0.05) is 0 Å². The van der Waals surface area contributed by atoms with Crippen molar-refractivity contribution in [1.29, 1.82) is 0 Å². The second-order valence-corrected chi connectivity index (χ2v) is 9.22. The van der Waals surface area contributed by atoms with Gasteiger partial charge >= 0.3 is 0 Å². The first-order valence-electron chi connectivity index (χ1n) is 8.10. The first kappa shape index (κ1) is 19.2. The predicted molar refractivity (Wildman–Crippen MR) is 111 cm³/mol. The fourth-order valence-corrected chi connectivity index (χ4v) is 4.13. The predicted octanol–water partition coefficient (Wildman–Crippen LogP) is 3.58. The average Bonchev–Trinajstić information content (AvgIpc) is 3.08.